The molecule has 0 aromatic rings. The monoisotopic (exact) mass is 365 g/mol. The van der Waals surface area contributed by atoms with Crippen molar-refractivity contribution >= 4 is 11.9 Å². The van der Waals surface area contributed by atoms with Gasteiger partial charge in [0.15, 0.2) is 0 Å². The first-order chi connectivity index (χ1) is 11.1. The smallest absolute Gasteiger partial charge is 0.475 e. The highest BCUT2D eigenvalue weighted by Crippen LogP contribution is 2.21. The normalized spacial score (nSPS) is 14.3. The van der Waals surface area contributed by atoms with E-state index < -0.39 is 18.2 Å². The van der Waals surface area contributed by atoms with E-state index in [9.17, 15) is 18.0 Å². The number of halogens is 3. The minimum absolute atomic E-state index is 0.0937. The lowest BCUT2D eigenvalue weighted by atomic mass is 9.86. The van der Waals surface area contributed by atoms with E-state index in [-0.39, 0.29) is 23.3 Å². The summed E-state index contributed by atoms with van der Waals surface area (Å²) in [4.78, 5) is 22.8. The zero-order valence-corrected chi connectivity index (χ0v) is 15.3. The highest BCUT2D eigenvalue weighted by atomic mass is 19.4. The number of allylic oxidation sites excluding steroid dienone is 1. The van der Waals surface area contributed by atoms with Crippen LogP contribution in [0.15, 0.2) is 12.2 Å². The van der Waals surface area contributed by atoms with Gasteiger partial charge in [-0.15, -0.1) is 0 Å². The van der Waals surface area contributed by atoms with E-state index in [0.29, 0.717) is 0 Å². The standard InChI is InChI=1S/C14H25N3O.C2HF3O2/c1-10(2)11(8-7-9-15)17(6)13(18)12(16)14(3,4)5;3-2(4,5)1(6)7/h7-8,10-12H,16H2,1-6H3;(H,6,7)/t11-,12-;/m1./s1. The van der Waals surface area contributed by atoms with Gasteiger partial charge in [-0.3, -0.25) is 4.79 Å². The van der Waals surface area contributed by atoms with Gasteiger partial charge in [-0.2, -0.15) is 18.4 Å². The van der Waals surface area contributed by atoms with Gasteiger partial charge in [-0.05, 0) is 11.3 Å². The van der Waals surface area contributed by atoms with Crippen molar-refractivity contribution in [3.8, 4) is 6.07 Å². The SMILES string of the molecule is CC(C)[C@@H](C=CC#N)N(C)C(=O)[C@@H](N)C(C)(C)C.O=C(O)C(F)(F)F. The van der Waals surface area contributed by atoms with E-state index in [1.165, 1.54) is 6.08 Å². The summed E-state index contributed by atoms with van der Waals surface area (Å²) in [6.45, 7) is 9.86. The summed E-state index contributed by atoms with van der Waals surface area (Å²) in [5.74, 6) is -2.62. The molecule has 0 radical (unpaired) electrons. The number of carbonyl (C=O) groups is 2. The predicted octanol–water partition coefficient (Wildman–Crippen LogP) is 2.56. The van der Waals surface area contributed by atoms with Crippen molar-refractivity contribution in [1.29, 1.82) is 5.26 Å². The molecule has 0 saturated carbocycles. The topological polar surface area (TPSA) is 107 Å². The molecule has 0 aromatic heterocycles. The number of carboxylic acid groups (broad SMARTS) is 1. The van der Waals surface area contributed by atoms with Gasteiger partial charge in [-0.1, -0.05) is 40.7 Å². The zero-order chi connectivity index (χ0) is 20.6. The average Bonchev–Trinajstić information content (AvgIpc) is 2.44. The van der Waals surface area contributed by atoms with Crippen molar-refractivity contribution in [2.24, 2.45) is 17.1 Å². The molecule has 0 aliphatic carbocycles. The molecule has 0 heterocycles. The van der Waals surface area contributed by atoms with Crippen molar-refractivity contribution < 1.29 is 27.9 Å². The maximum absolute atomic E-state index is 12.3. The Morgan fingerprint density at radius 3 is 1.88 bits per heavy atom. The number of aliphatic carboxylic acids is 1. The Hall–Kier alpha value is -2.08. The number of carbonyl (C=O) groups excluding carboxylic acids is 1. The molecule has 6 nitrogen and oxygen atoms in total. The maximum atomic E-state index is 12.3. The fraction of sp³-hybridized carbons (Fsp3) is 0.688. The van der Waals surface area contributed by atoms with Crippen molar-refractivity contribution in [2.45, 2.75) is 52.9 Å². The molecule has 0 bridgehead atoms. The van der Waals surface area contributed by atoms with Crippen LogP contribution in [0.1, 0.15) is 34.6 Å². The molecule has 0 saturated heterocycles. The van der Waals surface area contributed by atoms with Crippen LogP contribution in [-0.4, -0.2) is 47.2 Å². The minimum atomic E-state index is -5.08. The Kier molecular flexibility index (Phi) is 10.1. The van der Waals surface area contributed by atoms with Crippen LogP contribution in [-0.2, 0) is 9.59 Å². The average molecular weight is 365 g/mol. The molecule has 3 N–H and O–H groups in total. The number of nitriles is 1. The molecule has 0 unspecified atom stereocenters. The summed E-state index contributed by atoms with van der Waals surface area (Å²) in [5, 5.41) is 15.7. The molecular weight excluding hydrogens is 339 g/mol. The largest absolute Gasteiger partial charge is 0.490 e. The van der Waals surface area contributed by atoms with Crippen LogP contribution in [0.4, 0.5) is 13.2 Å². The molecule has 0 aromatic carbocycles. The predicted molar refractivity (Wildman–Crippen MR) is 87.3 cm³/mol. The number of nitrogens with zero attached hydrogens (tertiary/aromatic N) is 2. The van der Waals surface area contributed by atoms with E-state index in [0.717, 1.165) is 0 Å². The van der Waals surface area contributed by atoms with Gasteiger partial charge in [0.05, 0.1) is 18.2 Å². The Bertz CT molecular complexity index is 517. The van der Waals surface area contributed by atoms with Crippen molar-refractivity contribution in [2.75, 3.05) is 7.05 Å². The number of hydrogen-bond acceptors (Lipinski definition) is 4. The van der Waals surface area contributed by atoms with Crippen LogP contribution >= 0.6 is 0 Å². The molecule has 0 fully saturated rings. The highest BCUT2D eigenvalue weighted by molar-refractivity contribution is 5.82. The minimum Gasteiger partial charge on any atom is -0.475 e. The van der Waals surface area contributed by atoms with Gasteiger partial charge < -0.3 is 15.7 Å². The second-order valence-electron chi connectivity index (χ2n) is 6.82. The number of carboxylic acids is 1. The van der Waals surface area contributed by atoms with Gasteiger partial charge in [-0.25, -0.2) is 4.79 Å². The molecule has 0 aliphatic heterocycles. The lowest BCUT2D eigenvalue weighted by Crippen LogP contribution is -2.52. The summed E-state index contributed by atoms with van der Waals surface area (Å²) < 4.78 is 31.7. The number of hydrogen-bond donors (Lipinski definition) is 2. The molecule has 9 heteroatoms. The van der Waals surface area contributed by atoms with Gasteiger partial charge in [0.2, 0.25) is 5.91 Å². The third-order valence-corrected chi connectivity index (χ3v) is 3.29. The summed E-state index contributed by atoms with van der Waals surface area (Å²) >= 11 is 0. The molecule has 144 valence electrons. The van der Waals surface area contributed by atoms with Crippen LogP contribution in [0.2, 0.25) is 0 Å². The first kappa shape index (κ1) is 25.2. The van der Waals surface area contributed by atoms with Crippen molar-refractivity contribution in [3.05, 3.63) is 12.2 Å². The van der Waals surface area contributed by atoms with Crippen LogP contribution < -0.4 is 5.73 Å². The molecule has 0 spiro atoms. The summed E-state index contributed by atoms with van der Waals surface area (Å²) in [6, 6.07) is 1.31. The first-order valence-electron chi connectivity index (χ1n) is 7.46. The maximum Gasteiger partial charge on any atom is 0.490 e. The summed E-state index contributed by atoms with van der Waals surface area (Å²) in [5.41, 5.74) is 5.71. The van der Waals surface area contributed by atoms with Crippen LogP contribution in [0.3, 0.4) is 0 Å². The number of alkyl halides is 3. The third kappa shape index (κ3) is 9.72. The molecular formula is C16H26F3N3O3. The fourth-order valence-electron chi connectivity index (χ4n) is 1.68. The van der Waals surface area contributed by atoms with Crippen LogP contribution in [0.5, 0.6) is 0 Å². The summed E-state index contributed by atoms with van der Waals surface area (Å²) in [7, 11) is 1.74. The Labute approximate surface area is 146 Å². The molecule has 0 rings (SSSR count). The van der Waals surface area contributed by atoms with Gasteiger partial charge >= 0.3 is 12.1 Å². The summed E-state index contributed by atoms with van der Waals surface area (Å²) in [6.07, 6.45) is -1.92. The number of nitrogens with two attached hydrogens (primary N) is 1. The van der Waals surface area contributed by atoms with E-state index in [1.807, 2.05) is 40.7 Å². The van der Waals surface area contributed by atoms with Crippen molar-refractivity contribution in [1.82, 2.24) is 4.90 Å². The second kappa shape index (κ2) is 10.0. The zero-order valence-electron chi connectivity index (χ0n) is 15.3. The third-order valence-electron chi connectivity index (χ3n) is 3.29. The fourth-order valence-corrected chi connectivity index (χ4v) is 1.68. The molecule has 2 atom stereocenters. The van der Waals surface area contributed by atoms with Crippen LogP contribution in [0, 0.1) is 22.7 Å². The first-order valence-corrected chi connectivity index (χ1v) is 7.46. The van der Waals surface area contributed by atoms with E-state index in [4.69, 9.17) is 20.9 Å². The lowest BCUT2D eigenvalue weighted by molar-refractivity contribution is -0.192. The van der Waals surface area contributed by atoms with Crippen molar-refractivity contribution in [3.63, 3.8) is 0 Å². The van der Waals surface area contributed by atoms with E-state index >= 15 is 0 Å². The molecule has 1 amide bonds. The number of rotatable bonds is 4. The van der Waals surface area contributed by atoms with Gasteiger partial charge in [0.1, 0.15) is 0 Å². The Balaban J connectivity index is 0. The molecule has 25 heavy (non-hydrogen) atoms. The van der Waals surface area contributed by atoms with E-state index in [1.54, 1.807) is 18.0 Å². The van der Waals surface area contributed by atoms with Gasteiger partial charge in [0, 0.05) is 13.1 Å². The second-order valence-corrected chi connectivity index (χ2v) is 6.82. The number of likely N-dealkylation sites (N-methyl/N-ethyl adjacent to an activating group) is 1. The Morgan fingerprint density at radius 1 is 1.24 bits per heavy atom. The van der Waals surface area contributed by atoms with Gasteiger partial charge in [0.25, 0.3) is 0 Å². The Morgan fingerprint density at radius 2 is 1.64 bits per heavy atom. The quantitative estimate of drug-likeness (QED) is 0.745. The highest BCUT2D eigenvalue weighted by Gasteiger charge is 2.38. The number of amides is 1. The van der Waals surface area contributed by atoms with E-state index in [2.05, 4.69) is 0 Å². The lowest BCUT2D eigenvalue weighted by Gasteiger charge is -2.35. The molecule has 0 aliphatic rings. The van der Waals surface area contributed by atoms with Crippen LogP contribution in [0.25, 0.3) is 0 Å².